The number of anilines is 2. The highest BCUT2D eigenvalue weighted by Gasteiger charge is 2.31. The molecule has 1 unspecified atom stereocenters. The molecule has 0 radical (unpaired) electrons. The molecule has 1 atom stereocenters. The molecule has 0 bridgehead atoms. The number of tetrazole rings is 1. The van der Waals surface area contributed by atoms with E-state index in [9.17, 15) is 4.79 Å². The molecule has 0 saturated heterocycles. The van der Waals surface area contributed by atoms with E-state index in [-0.39, 0.29) is 18.5 Å². The molecule has 2 heterocycles. The SMILES string of the molecule is Cc1ccc(NC(=O)CN2C(c3ccccc3)=CC(c3ccc(Cl)cc3)n3nnnc32)cc1. The van der Waals surface area contributed by atoms with Gasteiger partial charge in [0.2, 0.25) is 5.91 Å². The van der Waals surface area contributed by atoms with Crippen LogP contribution in [-0.4, -0.2) is 32.7 Å². The summed E-state index contributed by atoms with van der Waals surface area (Å²) >= 11 is 6.09. The third-order valence-corrected chi connectivity index (χ3v) is 5.76. The summed E-state index contributed by atoms with van der Waals surface area (Å²) in [5, 5.41) is 16.0. The standard InChI is InChI=1S/C25H21ClN6O/c1-17-7-13-21(14-8-17)27-24(33)16-31-22(18-5-3-2-4-6-18)15-23(32-25(31)28-29-30-32)19-9-11-20(26)12-10-19/h2-15,23H,16H2,1H3,(H,27,33). The van der Waals surface area contributed by atoms with Gasteiger partial charge < -0.3 is 5.32 Å². The Hall–Kier alpha value is -3.97. The predicted molar refractivity (Wildman–Crippen MR) is 129 cm³/mol. The third-order valence-electron chi connectivity index (χ3n) is 5.51. The molecule has 0 saturated carbocycles. The Morgan fingerprint density at radius 3 is 2.45 bits per heavy atom. The van der Waals surface area contributed by atoms with Crippen molar-refractivity contribution in [1.82, 2.24) is 20.2 Å². The number of rotatable bonds is 5. The molecule has 1 aliphatic rings. The maximum atomic E-state index is 13.0. The van der Waals surface area contributed by atoms with Crippen LogP contribution in [0, 0.1) is 6.92 Å². The number of carbonyl (C=O) groups excluding carboxylic acids is 1. The fraction of sp³-hybridized carbons (Fsp3) is 0.120. The van der Waals surface area contributed by atoms with Gasteiger partial charge in [-0.1, -0.05) is 76.9 Å². The van der Waals surface area contributed by atoms with E-state index in [1.807, 2.05) is 90.7 Å². The number of nitrogens with zero attached hydrogens (tertiary/aromatic N) is 5. The summed E-state index contributed by atoms with van der Waals surface area (Å²) in [4.78, 5) is 14.8. The van der Waals surface area contributed by atoms with E-state index in [1.165, 1.54) is 0 Å². The molecular formula is C25H21ClN6O. The van der Waals surface area contributed by atoms with Crippen LogP contribution >= 0.6 is 11.6 Å². The highest BCUT2D eigenvalue weighted by molar-refractivity contribution is 6.30. The Balaban J connectivity index is 1.52. The van der Waals surface area contributed by atoms with Crippen molar-refractivity contribution in [3.63, 3.8) is 0 Å². The molecule has 1 amide bonds. The van der Waals surface area contributed by atoms with Gasteiger partial charge >= 0.3 is 0 Å². The van der Waals surface area contributed by atoms with Gasteiger partial charge in [0.05, 0.1) is 5.70 Å². The number of carbonyl (C=O) groups is 1. The maximum absolute atomic E-state index is 13.0. The average molecular weight is 457 g/mol. The number of halogens is 1. The van der Waals surface area contributed by atoms with Gasteiger partial charge in [-0.2, -0.15) is 4.68 Å². The van der Waals surface area contributed by atoms with Crippen molar-refractivity contribution in [1.29, 1.82) is 0 Å². The van der Waals surface area contributed by atoms with Crippen molar-refractivity contribution in [2.75, 3.05) is 16.8 Å². The summed E-state index contributed by atoms with van der Waals surface area (Å²) in [6.45, 7) is 2.06. The molecule has 5 rings (SSSR count). The normalized spacial score (nSPS) is 15.0. The van der Waals surface area contributed by atoms with E-state index in [0.29, 0.717) is 11.0 Å². The first-order chi connectivity index (χ1) is 16.1. The van der Waals surface area contributed by atoms with Gasteiger partial charge in [0.15, 0.2) is 0 Å². The number of aryl methyl sites for hydroxylation is 1. The van der Waals surface area contributed by atoms with Crippen LogP contribution in [0.5, 0.6) is 0 Å². The first-order valence-corrected chi connectivity index (χ1v) is 10.9. The lowest BCUT2D eigenvalue weighted by Gasteiger charge is -2.32. The zero-order valence-electron chi connectivity index (χ0n) is 17.9. The van der Waals surface area contributed by atoms with Crippen LogP contribution in [0.2, 0.25) is 5.02 Å². The lowest BCUT2D eigenvalue weighted by molar-refractivity contribution is -0.114. The van der Waals surface area contributed by atoms with Gasteiger partial charge in [-0.3, -0.25) is 9.69 Å². The van der Waals surface area contributed by atoms with Crippen molar-refractivity contribution in [3.8, 4) is 0 Å². The van der Waals surface area contributed by atoms with Gasteiger partial charge in [-0.15, -0.1) is 0 Å². The summed E-state index contributed by atoms with van der Waals surface area (Å²) in [6.07, 6.45) is 2.07. The fourth-order valence-electron chi connectivity index (χ4n) is 3.86. The molecule has 8 heteroatoms. The number of benzene rings is 3. The van der Waals surface area contributed by atoms with Gasteiger partial charge in [0.1, 0.15) is 12.6 Å². The molecule has 164 valence electrons. The molecule has 1 N–H and O–H groups in total. The van der Waals surface area contributed by atoms with Crippen LogP contribution in [0.25, 0.3) is 5.70 Å². The van der Waals surface area contributed by atoms with Crippen LogP contribution in [0.15, 0.2) is 84.9 Å². The summed E-state index contributed by atoms with van der Waals surface area (Å²) in [5.41, 5.74) is 4.69. The molecular weight excluding hydrogens is 436 g/mol. The largest absolute Gasteiger partial charge is 0.325 e. The van der Waals surface area contributed by atoms with Crippen LogP contribution < -0.4 is 10.2 Å². The number of hydrogen-bond donors (Lipinski definition) is 1. The molecule has 33 heavy (non-hydrogen) atoms. The van der Waals surface area contributed by atoms with Gasteiger partial charge in [-0.05, 0) is 58.8 Å². The average Bonchev–Trinajstić information content (AvgIpc) is 3.32. The Bertz CT molecular complexity index is 1300. The van der Waals surface area contributed by atoms with Gasteiger partial charge in [0.25, 0.3) is 5.95 Å². The van der Waals surface area contributed by atoms with E-state index >= 15 is 0 Å². The minimum Gasteiger partial charge on any atom is -0.325 e. The van der Waals surface area contributed by atoms with E-state index in [0.717, 1.165) is 28.1 Å². The smallest absolute Gasteiger partial charge is 0.251 e. The highest BCUT2D eigenvalue weighted by Crippen LogP contribution is 2.36. The molecule has 1 aromatic heterocycles. The molecule has 0 aliphatic carbocycles. The Morgan fingerprint density at radius 2 is 1.73 bits per heavy atom. The van der Waals surface area contributed by atoms with Gasteiger partial charge in [-0.25, -0.2) is 0 Å². The topological polar surface area (TPSA) is 75.9 Å². The third kappa shape index (κ3) is 4.36. The van der Waals surface area contributed by atoms with Crippen molar-refractivity contribution >= 4 is 34.8 Å². The van der Waals surface area contributed by atoms with Crippen LogP contribution in [-0.2, 0) is 4.79 Å². The number of hydrogen-bond acceptors (Lipinski definition) is 5. The number of aromatic nitrogens is 4. The summed E-state index contributed by atoms with van der Waals surface area (Å²) in [7, 11) is 0. The van der Waals surface area contributed by atoms with E-state index in [4.69, 9.17) is 11.6 Å². The zero-order chi connectivity index (χ0) is 22.8. The second-order valence-corrected chi connectivity index (χ2v) is 8.27. The van der Waals surface area contributed by atoms with Gasteiger partial charge in [0, 0.05) is 10.7 Å². The van der Waals surface area contributed by atoms with Crippen LogP contribution in [0.4, 0.5) is 11.6 Å². The minimum absolute atomic E-state index is 0.0579. The maximum Gasteiger partial charge on any atom is 0.251 e. The fourth-order valence-corrected chi connectivity index (χ4v) is 3.99. The Labute approximate surface area is 196 Å². The first kappa shape index (κ1) is 20.9. The van der Waals surface area contributed by atoms with Crippen LogP contribution in [0.3, 0.4) is 0 Å². The van der Waals surface area contributed by atoms with E-state index in [1.54, 1.807) is 4.68 Å². The quantitative estimate of drug-likeness (QED) is 0.470. The summed E-state index contributed by atoms with van der Waals surface area (Å²) in [6, 6.07) is 25.0. The molecule has 0 fully saturated rings. The molecule has 3 aromatic carbocycles. The molecule has 1 aliphatic heterocycles. The first-order valence-electron chi connectivity index (χ1n) is 10.5. The number of allylic oxidation sites excluding steroid dienone is 1. The second kappa shape index (κ2) is 8.88. The van der Waals surface area contributed by atoms with Crippen molar-refractivity contribution in [2.24, 2.45) is 0 Å². The van der Waals surface area contributed by atoms with E-state index < -0.39 is 0 Å². The molecule has 4 aromatic rings. The lowest BCUT2D eigenvalue weighted by atomic mass is 10.0. The van der Waals surface area contributed by atoms with Crippen molar-refractivity contribution < 1.29 is 4.79 Å². The van der Waals surface area contributed by atoms with Crippen LogP contribution in [0.1, 0.15) is 22.7 Å². The minimum atomic E-state index is -0.237. The van der Waals surface area contributed by atoms with Crippen molar-refractivity contribution in [2.45, 2.75) is 13.0 Å². The summed E-state index contributed by atoms with van der Waals surface area (Å²) < 4.78 is 1.72. The molecule has 7 nitrogen and oxygen atoms in total. The zero-order valence-corrected chi connectivity index (χ0v) is 18.6. The molecule has 0 spiro atoms. The van der Waals surface area contributed by atoms with E-state index in [2.05, 4.69) is 26.9 Å². The number of nitrogens with one attached hydrogen (secondary N) is 1. The number of fused-ring (bicyclic) bond motifs is 1. The second-order valence-electron chi connectivity index (χ2n) is 7.84. The Morgan fingerprint density at radius 1 is 1.00 bits per heavy atom. The summed E-state index contributed by atoms with van der Waals surface area (Å²) in [5.74, 6) is 0.329. The van der Waals surface area contributed by atoms with Crippen molar-refractivity contribution in [3.05, 3.63) is 107 Å². The predicted octanol–water partition coefficient (Wildman–Crippen LogP) is 4.72. The Kier molecular flexibility index (Phi) is 5.62. The lowest BCUT2D eigenvalue weighted by Crippen LogP contribution is -2.37. The monoisotopic (exact) mass is 456 g/mol. The highest BCUT2D eigenvalue weighted by atomic mass is 35.5. The number of amides is 1.